The molecule has 7 nitrogen and oxygen atoms in total. The van der Waals surface area contributed by atoms with Crippen LogP contribution >= 0.6 is 0 Å². The smallest absolute Gasteiger partial charge is 0.241 e. The SMILES string of the molecule is CS(=O)(=O)N(CC(=O)NCc1cccc(CN2CCCCC2)c1)c1ccccc1Oc1ccccc1. The number of amides is 1. The number of carbonyl (C=O) groups excluding carboxylic acids is 1. The van der Waals surface area contributed by atoms with Gasteiger partial charge in [-0.15, -0.1) is 0 Å². The van der Waals surface area contributed by atoms with Crippen LogP contribution in [0.25, 0.3) is 0 Å². The summed E-state index contributed by atoms with van der Waals surface area (Å²) in [7, 11) is -3.75. The van der Waals surface area contributed by atoms with Gasteiger partial charge in [0.25, 0.3) is 0 Å². The molecular formula is C28H33N3O4S. The number of para-hydroxylation sites is 3. The summed E-state index contributed by atoms with van der Waals surface area (Å²) in [5.41, 5.74) is 2.51. The van der Waals surface area contributed by atoms with Crippen molar-refractivity contribution in [2.45, 2.75) is 32.4 Å². The van der Waals surface area contributed by atoms with Crippen LogP contribution in [-0.4, -0.2) is 45.1 Å². The lowest BCUT2D eigenvalue weighted by Gasteiger charge is -2.26. The standard InChI is InChI=1S/C28H33N3O4S/c1-36(33,34)31(26-15-6-7-16-27(26)35-25-13-4-2-5-14-25)22-28(32)29-20-23-11-10-12-24(19-23)21-30-17-8-3-9-18-30/h2,4-7,10-16,19H,3,8-9,17-18,20-22H2,1H3,(H,29,32). The van der Waals surface area contributed by atoms with Crippen molar-refractivity contribution in [2.75, 3.05) is 30.2 Å². The van der Waals surface area contributed by atoms with Crippen LogP contribution < -0.4 is 14.4 Å². The molecule has 0 radical (unpaired) electrons. The number of benzene rings is 3. The molecule has 8 heteroatoms. The average Bonchev–Trinajstić information content (AvgIpc) is 2.87. The molecular weight excluding hydrogens is 474 g/mol. The summed E-state index contributed by atoms with van der Waals surface area (Å²) in [6.45, 7) is 3.13. The number of carbonyl (C=O) groups is 1. The molecule has 0 unspecified atom stereocenters. The summed E-state index contributed by atoms with van der Waals surface area (Å²) < 4.78 is 32.3. The zero-order valence-electron chi connectivity index (χ0n) is 20.6. The number of ether oxygens (including phenoxy) is 1. The first-order valence-corrected chi connectivity index (χ1v) is 14.1. The Morgan fingerprint density at radius 3 is 2.36 bits per heavy atom. The van der Waals surface area contributed by atoms with Gasteiger partial charge in [-0.3, -0.25) is 14.0 Å². The van der Waals surface area contributed by atoms with Crippen molar-refractivity contribution in [3.63, 3.8) is 0 Å². The van der Waals surface area contributed by atoms with E-state index in [0.29, 0.717) is 23.7 Å². The van der Waals surface area contributed by atoms with Gasteiger partial charge in [-0.2, -0.15) is 0 Å². The molecule has 0 aliphatic carbocycles. The number of sulfonamides is 1. The van der Waals surface area contributed by atoms with Crippen molar-refractivity contribution in [3.05, 3.63) is 90.0 Å². The second kappa shape index (κ2) is 12.1. The van der Waals surface area contributed by atoms with Crippen molar-refractivity contribution in [1.82, 2.24) is 10.2 Å². The predicted molar refractivity (Wildman–Crippen MR) is 143 cm³/mol. The number of hydrogen-bond acceptors (Lipinski definition) is 5. The lowest BCUT2D eigenvalue weighted by molar-refractivity contribution is -0.119. The molecule has 0 saturated carbocycles. The Morgan fingerprint density at radius 1 is 0.917 bits per heavy atom. The maximum absolute atomic E-state index is 12.9. The highest BCUT2D eigenvalue weighted by molar-refractivity contribution is 7.92. The molecule has 1 heterocycles. The summed E-state index contributed by atoms with van der Waals surface area (Å²) in [5.74, 6) is 0.538. The van der Waals surface area contributed by atoms with Gasteiger partial charge >= 0.3 is 0 Å². The molecule has 1 amide bonds. The van der Waals surface area contributed by atoms with E-state index in [1.165, 1.54) is 24.8 Å². The van der Waals surface area contributed by atoms with E-state index in [4.69, 9.17) is 4.74 Å². The number of anilines is 1. The third-order valence-electron chi connectivity index (χ3n) is 6.13. The Labute approximate surface area is 213 Å². The van der Waals surface area contributed by atoms with E-state index >= 15 is 0 Å². The summed E-state index contributed by atoms with van der Waals surface area (Å²) in [6.07, 6.45) is 4.87. The first kappa shape index (κ1) is 25.7. The monoisotopic (exact) mass is 507 g/mol. The van der Waals surface area contributed by atoms with Gasteiger partial charge < -0.3 is 10.1 Å². The Morgan fingerprint density at radius 2 is 1.61 bits per heavy atom. The van der Waals surface area contributed by atoms with E-state index < -0.39 is 15.9 Å². The molecule has 0 bridgehead atoms. The molecule has 36 heavy (non-hydrogen) atoms. The van der Waals surface area contributed by atoms with Crippen LogP contribution in [0.15, 0.2) is 78.9 Å². The van der Waals surface area contributed by atoms with Crippen LogP contribution in [0.4, 0.5) is 5.69 Å². The molecule has 3 aromatic carbocycles. The fourth-order valence-electron chi connectivity index (χ4n) is 4.35. The first-order valence-electron chi connectivity index (χ1n) is 12.2. The summed E-state index contributed by atoms with van der Waals surface area (Å²) in [6, 6.07) is 24.1. The highest BCUT2D eigenvalue weighted by Crippen LogP contribution is 2.33. The third-order valence-corrected chi connectivity index (χ3v) is 7.25. The minimum absolute atomic E-state index is 0.308. The second-order valence-corrected chi connectivity index (χ2v) is 11.0. The van der Waals surface area contributed by atoms with Crippen LogP contribution in [0.3, 0.4) is 0 Å². The van der Waals surface area contributed by atoms with E-state index in [-0.39, 0.29) is 6.54 Å². The Balaban J connectivity index is 1.42. The average molecular weight is 508 g/mol. The van der Waals surface area contributed by atoms with E-state index in [9.17, 15) is 13.2 Å². The Hall–Kier alpha value is -3.36. The van der Waals surface area contributed by atoms with Gasteiger partial charge in [-0.05, 0) is 61.3 Å². The van der Waals surface area contributed by atoms with Crippen LogP contribution in [0.1, 0.15) is 30.4 Å². The van der Waals surface area contributed by atoms with Crippen molar-refractivity contribution < 1.29 is 17.9 Å². The quantitative estimate of drug-likeness (QED) is 0.436. The number of hydrogen-bond donors (Lipinski definition) is 1. The molecule has 1 N–H and O–H groups in total. The zero-order valence-corrected chi connectivity index (χ0v) is 21.4. The Kier molecular flexibility index (Phi) is 8.61. The molecule has 1 saturated heterocycles. The molecule has 0 spiro atoms. The van der Waals surface area contributed by atoms with E-state index in [0.717, 1.165) is 35.8 Å². The molecule has 4 rings (SSSR count). The van der Waals surface area contributed by atoms with Gasteiger partial charge in [-0.25, -0.2) is 8.42 Å². The van der Waals surface area contributed by atoms with Crippen LogP contribution in [0, 0.1) is 0 Å². The van der Waals surface area contributed by atoms with Crippen molar-refractivity contribution in [3.8, 4) is 11.5 Å². The summed E-state index contributed by atoms with van der Waals surface area (Å²) in [5, 5.41) is 2.87. The van der Waals surface area contributed by atoms with Crippen molar-refractivity contribution in [1.29, 1.82) is 0 Å². The Bertz CT molecular complexity index is 1260. The molecule has 1 fully saturated rings. The van der Waals surface area contributed by atoms with Gasteiger partial charge in [0.15, 0.2) is 5.75 Å². The fourth-order valence-corrected chi connectivity index (χ4v) is 5.21. The number of rotatable bonds is 10. The fraction of sp³-hybridized carbons (Fsp3) is 0.321. The lowest BCUT2D eigenvalue weighted by atomic mass is 10.1. The molecule has 1 aliphatic rings. The van der Waals surface area contributed by atoms with Gasteiger partial charge in [0.2, 0.25) is 15.9 Å². The largest absolute Gasteiger partial charge is 0.455 e. The molecule has 1 aliphatic heterocycles. The van der Waals surface area contributed by atoms with Crippen molar-refractivity contribution in [2.24, 2.45) is 0 Å². The second-order valence-electron chi connectivity index (χ2n) is 9.09. The van der Waals surface area contributed by atoms with E-state index in [1.807, 2.05) is 30.3 Å². The summed E-state index contributed by atoms with van der Waals surface area (Å²) in [4.78, 5) is 15.3. The third kappa shape index (κ3) is 7.32. The van der Waals surface area contributed by atoms with E-state index in [2.05, 4.69) is 22.3 Å². The minimum atomic E-state index is -3.75. The molecule has 0 aromatic heterocycles. The minimum Gasteiger partial charge on any atom is -0.455 e. The normalized spacial score (nSPS) is 14.2. The number of piperidine rings is 1. The summed E-state index contributed by atoms with van der Waals surface area (Å²) >= 11 is 0. The first-order chi connectivity index (χ1) is 17.4. The predicted octanol–water partition coefficient (Wildman–Crippen LogP) is 4.55. The van der Waals surface area contributed by atoms with Crippen molar-refractivity contribution >= 4 is 21.6 Å². The molecule has 190 valence electrons. The zero-order chi connectivity index (χ0) is 25.4. The van der Waals surface area contributed by atoms with Gasteiger partial charge in [0.1, 0.15) is 12.3 Å². The van der Waals surface area contributed by atoms with Crippen LogP contribution in [0.2, 0.25) is 0 Å². The highest BCUT2D eigenvalue weighted by Gasteiger charge is 2.24. The van der Waals surface area contributed by atoms with Gasteiger partial charge in [0, 0.05) is 13.1 Å². The lowest BCUT2D eigenvalue weighted by Crippen LogP contribution is -2.40. The molecule has 0 atom stereocenters. The maximum atomic E-state index is 12.9. The van der Waals surface area contributed by atoms with Gasteiger partial charge in [-0.1, -0.05) is 61.0 Å². The maximum Gasteiger partial charge on any atom is 0.241 e. The van der Waals surface area contributed by atoms with E-state index in [1.54, 1.807) is 36.4 Å². The van der Waals surface area contributed by atoms with Crippen LogP contribution in [-0.2, 0) is 27.9 Å². The highest BCUT2D eigenvalue weighted by atomic mass is 32.2. The van der Waals surface area contributed by atoms with Crippen LogP contribution in [0.5, 0.6) is 11.5 Å². The topological polar surface area (TPSA) is 79.0 Å². The van der Waals surface area contributed by atoms with Gasteiger partial charge in [0.05, 0.1) is 11.9 Å². The number of nitrogens with one attached hydrogen (secondary N) is 1. The molecule has 3 aromatic rings. The number of nitrogens with zero attached hydrogens (tertiary/aromatic N) is 2. The number of likely N-dealkylation sites (tertiary alicyclic amines) is 1.